The largest absolute Gasteiger partial charge is 0.468 e. The Morgan fingerprint density at radius 2 is 2.00 bits per heavy atom. The van der Waals surface area contributed by atoms with E-state index in [1.165, 1.54) is 5.56 Å². The van der Waals surface area contributed by atoms with Crippen molar-refractivity contribution in [1.82, 2.24) is 10.2 Å². The summed E-state index contributed by atoms with van der Waals surface area (Å²) in [7, 11) is 0. The third-order valence-electron chi connectivity index (χ3n) is 3.01. The molecule has 94 valence electrons. The van der Waals surface area contributed by atoms with Crippen molar-refractivity contribution in [1.29, 1.82) is 0 Å². The SMILES string of the molecule is CCc1nnc(OC2COC2)c(CN)c1CC. The molecule has 0 bridgehead atoms. The third kappa shape index (κ3) is 2.40. The van der Waals surface area contributed by atoms with Gasteiger partial charge in [-0.3, -0.25) is 0 Å². The van der Waals surface area contributed by atoms with Gasteiger partial charge < -0.3 is 15.2 Å². The monoisotopic (exact) mass is 237 g/mol. The van der Waals surface area contributed by atoms with E-state index in [0.29, 0.717) is 25.6 Å². The fourth-order valence-corrected chi connectivity index (χ4v) is 1.98. The van der Waals surface area contributed by atoms with Crippen LogP contribution in [0.25, 0.3) is 0 Å². The van der Waals surface area contributed by atoms with Gasteiger partial charge in [0.25, 0.3) is 0 Å². The van der Waals surface area contributed by atoms with Gasteiger partial charge in [-0.05, 0) is 18.4 Å². The van der Waals surface area contributed by atoms with Crippen LogP contribution in [0, 0.1) is 0 Å². The second-order valence-electron chi connectivity index (χ2n) is 4.10. The van der Waals surface area contributed by atoms with Crippen molar-refractivity contribution < 1.29 is 9.47 Å². The fourth-order valence-electron chi connectivity index (χ4n) is 1.98. The average Bonchev–Trinajstić information content (AvgIpc) is 2.32. The molecule has 0 saturated carbocycles. The lowest BCUT2D eigenvalue weighted by atomic mass is 10.0. The van der Waals surface area contributed by atoms with Gasteiger partial charge in [0.1, 0.15) is 6.10 Å². The van der Waals surface area contributed by atoms with Gasteiger partial charge in [-0.1, -0.05) is 13.8 Å². The Labute approximate surface area is 101 Å². The van der Waals surface area contributed by atoms with E-state index in [4.69, 9.17) is 15.2 Å². The fraction of sp³-hybridized carbons (Fsp3) is 0.667. The van der Waals surface area contributed by atoms with E-state index in [0.717, 1.165) is 24.1 Å². The second kappa shape index (κ2) is 5.42. The summed E-state index contributed by atoms with van der Waals surface area (Å²) in [6.07, 6.45) is 1.88. The average molecular weight is 237 g/mol. The molecule has 1 saturated heterocycles. The van der Waals surface area contributed by atoms with Gasteiger partial charge in [0, 0.05) is 12.1 Å². The first kappa shape index (κ1) is 12.3. The Kier molecular flexibility index (Phi) is 3.91. The van der Waals surface area contributed by atoms with E-state index in [1.807, 2.05) is 0 Å². The molecule has 1 aliphatic rings. The lowest BCUT2D eigenvalue weighted by Crippen LogP contribution is -2.39. The van der Waals surface area contributed by atoms with Crippen molar-refractivity contribution in [3.05, 3.63) is 16.8 Å². The number of hydrogen-bond donors (Lipinski definition) is 1. The standard InChI is InChI=1S/C12H19N3O2/c1-3-9-10(5-13)12(15-14-11(9)4-2)17-8-6-16-7-8/h8H,3-7,13H2,1-2H3. The van der Waals surface area contributed by atoms with Gasteiger partial charge in [-0.25, -0.2) is 0 Å². The molecular weight excluding hydrogens is 218 g/mol. The van der Waals surface area contributed by atoms with Crippen LogP contribution in [0.2, 0.25) is 0 Å². The number of hydrogen-bond acceptors (Lipinski definition) is 5. The van der Waals surface area contributed by atoms with Crippen LogP contribution in [0.5, 0.6) is 5.88 Å². The molecule has 2 heterocycles. The number of rotatable bonds is 5. The smallest absolute Gasteiger partial charge is 0.238 e. The Hall–Kier alpha value is -1.20. The normalized spacial score (nSPS) is 15.7. The molecule has 0 aromatic carbocycles. The van der Waals surface area contributed by atoms with E-state index in [-0.39, 0.29) is 6.10 Å². The molecule has 5 heteroatoms. The Bertz CT molecular complexity index is 392. The first-order valence-corrected chi connectivity index (χ1v) is 6.11. The Balaban J connectivity index is 2.30. The van der Waals surface area contributed by atoms with Crippen molar-refractivity contribution in [2.45, 2.75) is 39.3 Å². The topological polar surface area (TPSA) is 70.3 Å². The van der Waals surface area contributed by atoms with Crippen LogP contribution in [0.15, 0.2) is 0 Å². The summed E-state index contributed by atoms with van der Waals surface area (Å²) in [6, 6.07) is 0. The van der Waals surface area contributed by atoms with Gasteiger partial charge in [-0.2, -0.15) is 5.10 Å². The van der Waals surface area contributed by atoms with Crippen LogP contribution in [-0.2, 0) is 24.1 Å². The quantitative estimate of drug-likeness (QED) is 0.821. The summed E-state index contributed by atoms with van der Waals surface area (Å²) in [5.41, 5.74) is 9.00. The highest BCUT2D eigenvalue weighted by Gasteiger charge is 2.23. The van der Waals surface area contributed by atoms with Crippen molar-refractivity contribution in [3.8, 4) is 5.88 Å². The summed E-state index contributed by atoms with van der Waals surface area (Å²) in [5.74, 6) is 0.579. The van der Waals surface area contributed by atoms with E-state index in [1.54, 1.807) is 0 Å². The van der Waals surface area contributed by atoms with Gasteiger partial charge in [-0.15, -0.1) is 5.10 Å². The molecule has 2 rings (SSSR count). The predicted molar refractivity (Wildman–Crippen MR) is 63.9 cm³/mol. The molecule has 0 aliphatic carbocycles. The van der Waals surface area contributed by atoms with E-state index >= 15 is 0 Å². The van der Waals surface area contributed by atoms with Crippen molar-refractivity contribution in [3.63, 3.8) is 0 Å². The minimum atomic E-state index is 0.104. The number of aromatic nitrogens is 2. The Morgan fingerprint density at radius 3 is 2.47 bits per heavy atom. The summed E-state index contributed by atoms with van der Waals surface area (Å²) < 4.78 is 10.8. The summed E-state index contributed by atoms with van der Waals surface area (Å²) in [5, 5.41) is 8.36. The lowest BCUT2D eigenvalue weighted by molar-refractivity contribution is -0.0820. The van der Waals surface area contributed by atoms with Gasteiger partial charge in [0.15, 0.2) is 0 Å². The molecule has 17 heavy (non-hydrogen) atoms. The van der Waals surface area contributed by atoms with Gasteiger partial charge in [0.2, 0.25) is 5.88 Å². The first-order valence-electron chi connectivity index (χ1n) is 6.11. The number of ether oxygens (including phenoxy) is 2. The van der Waals surface area contributed by atoms with Crippen LogP contribution < -0.4 is 10.5 Å². The minimum absolute atomic E-state index is 0.104. The number of aryl methyl sites for hydroxylation is 1. The molecule has 0 unspecified atom stereocenters. The summed E-state index contributed by atoms with van der Waals surface area (Å²) in [4.78, 5) is 0. The summed E-state index contributed by atoms with van der Waals surface area (Å²) >= 11 is 0. The molecular formula is C12H19N3O2. The zero-order valence-corrected chi connectivity index (χ0v) is 10.4. The number of nitrogens with two attached hydrogens (primary N) is 1. The zero-order valence-electron chi connectivity index (χ0n) is 10.4. The number of nitrogens with zero attached hydrogens (tertiary/aromatic N) is 2. The highest BCUT2D eigenvalue weighted by atomic mass is 16.6. The van der Waals surface area contributed by atoms with Crippen LogP contribution in [0.4, 0.5) is 0 Å². The minimum Gasteiger partial charge on any atom is -0.468 e. The van der Waals surface area contributed by atoms with Crippen molar-refractivity contribution >= 4 is 0 Å². The molecule has 0 amide bonds. The maximum Gasteiger partial charge on any atom is 0.238 e. The van der Waals surface area contributed by atoms with E-state index in [9.17, 15) is 0 Å². The molecule has 1 aromatic rings. The molecule has 1 aromatic heterocycles. The van der Waals surface area contributed by atoms with Crippen molar-refractivity contribution in [2.75, 3.05) is 13.2 Å². The summed E-state index contributed by atoms with van der Waals surface area (Å²) in [6.45, 7) is 5.87. The molecule has 0 radical (unpaired) electrons. The highest BCUT2D eigenvalue weighted by molar-refractivity contribution is 5.37. The predicted octanol–water partition coefficient (Wildman–Crippen LogP) is 0.838. The molecule has 0 spiro atoms. The Morgan fingerprint density at radius 1 is 1.24 bits per heavy atom. The molecule has 1 aliphatic heterocycles. The van der Waals surface area contributed by atoms with Gasteiger partial charge in [0.05, 0.1) is 18.9 Å². The molecule has 5 nitrogen and oxygen atoms in total. The molecule has 1 fully saturated rings. The zero-order chi connectivity index (χ0) is 12.3. The maximum atomic E-state index is 5.81. The van der Waals surface area contributed by atoms with Crippen LogP contribution in [0.1, 0.15) is 30.7 Å². The van der Waals surface area contributed by atoms with Crippen molar-refractivity contribution in [2.24, 2.45) is 5.73 Å². The molecule has 2 N–H and O–H groups in total. The van der Waals surface area contributed by atoms with E-state index < -0.39 is 0 Å². The lowest BCUT2D eigenvalue weighted by Gasteiger charge is -2.27. The maximum absolute atomic E-state index is 5.81. The third-order valence-corrected chi connectivity index (χ3v) is 3.01. The van der Waals surface area contributed by atoms with Crippen LogP contribution >= 0.6 is 0 Å². The van der Waals surface area contributed by atoms with E-state index in [2.05, 4.69) is 24.0 Å². The first-order chi connectivity index (χ1) is 8.30. The molecule has 0 atom stereocenters. The highest BCUT2D eigenvalue weighted by Crippen LogP contribution is 2.24. The van der Waals surface area contributed by atoms with Crippen LogP contribution in [-0.4, -0.2) is 29.5 Å². The van der Waals surface area contributed by atoms with Gasteiger partial charge >= 0.3 is 0 Å². The second-order valence-corrected chi connectivity index (χ2v) is 4.10. The van der Waals surface area contributed by atoms with Crippen LogP contribution in [0.3, 0.4) is 0 Å².